The second kappa shape index (κ2) is 8.67. The lowest BCUT2D eigenvalue weighted by Crippen LogP contribution is -2.62. The van der Waals surface area contributed by atoms with Gasteiger partial charge in [-0.3, -0.25) is 9.59 Å². The van der Waals surface area contributed by atoms with Crippen LogP contribution < -0.4 is 5.32 Å². The Morgan fingerprint density at radius 2 is 2.03 bits per heavy atom. The molecule has 1 aliphatic heterocycles. The van der Waals surface area contributed by atoms with Gasteiger partial charge in [0.15, 0.2) is 5.60 Å². The van der Waals surface area contributed by atoms with Crippen molar-refractivity contribution in [1.82, 2.24) is 10.2 Å². The second-order valence-electron chi connectivity index (χ2n) is 7.94. The standard InChI is InChI=1S/C23H28N2O3S/c1-2-24-22(27)23(16-25(12-13-28-23)21(26)19-5-3-6-19)15-17-8-10-18(11-9-17)20-7-4-14-29-20/h4,7-11,14,19H,2-3,5-6,12-13,15-16H2,1H3,(H,24,27). The zero-order chi connectivity index (χ0) is 20.3. The van der Waals surface area contributed by atoms with E-state index in [2.05, 4.69) is 41.0 Å². The van der Waals surface area contributed by atoms with Crippen LogP contribution in [0.1, 0.15) is 31.7 Å². The van der Waals surface area contributed by atoms with Gasteiger partial charge in [-0.2, -0.15) is 0 Å². The quantitative estimate of drug-likeness (QED) is 0.790. The molecular formula is C23H28N2O3S. The third-order valence-electron chi connectivity index (χ3n) is 5.95. The maximum absolute atomic E-state index is 13.0. The molecule has 1 saturated carbocycles. The van der Waals surface area contributed by atoms with E-state index >= 15 is 0 Å². The predicted molar refractivity (Wildman–Crippen MR) is 115 cm³/mol. The number of likely N-dealkylation sites (N-methyl/N-ethyl adjacent to an activating group) is 1. The fourth-order valence-electron chi connectivity index (χ4n) is 4.09. The van der Waals surface area contributed by atoms with Gasteiger partial charge in [0.1, 0.15) is 0 Å². The average Bonchev–Trinajstić information content (AvgIpc) is 3.22. The topological polar surface area (TPSA) is 58.6 Å². The smallest absolute Gasteiger partial charge is 0.254 e. The number of thiophene rings is 1. The lowest BCUT2D eigenvalue weighted by Gasteiger charge is -2.43. The van der Waals surface area contributed by atoms with Crippen LogP contribution >= 0.6 is 11.3 Å². The molecule has 2 amide bonds. The van der Waals surface area contributed by atoms with Gasteiger partial charge in [0.25, 0.3) is 5.91 Å². The van der Waals surface area contributed by atoms with Crippen molar-refractivity contribution in [3.8, 4) is 10.4 Å². The summed E-state index contributed by atoms with van der Waals surface area (Å²) in [5, 5.41) is 4.99. The number of morpholine rings is 1. The number of amides is 2. The zero-order valence-electron chi connectivity index (χ0n) is 16.9. The summed E-state index contributed by atoms with van der Waals surface area (Å²) in [5.41, 5.74) is 1.18. The van der Waals surface area contributed by atoms with Crippen molar-refractivity contribution >= 4 is 23.2 Å². The molecule has 154 valence electrons. The van der Waals surface area contributed by atoms with Crippen LogP contribution in [0, 0.1) is 5.92 Å². The van der Waals surface area contributed by atoms with E-state index in [4.69, 9.17) is 4.74 Å². The number of hydrogen-bond acceptors (Lipinski definition) is 4. The van der Waals surface area contributed by atoms with Crippen LogP contribution in [0.2, 0.25) is 0 Å². The minimum atomic E-state index is -1.03. The molecule has 6 heteroatoms. The summed E-state index contributed by atoms with van der Waals surface area (Å²) in [7, 11) is 0. The number of benzene rings is 1. The van der Waals surface area contributed by atoms with E-state index in [-0.39, 0.29) is 17.7 Å². The summed E-state index contributed by atoms with van der Waals surface area (Å²) in [6.07, 6.45) is 3.51. The van der Waals surface area contributed by atoms with E-state index in [0.29, 0.717) is 32.7 Å². The number of rotatable bonds is 6. The van der Waals surface area contributed by atoms with Crippen molar-refractivity contribution in [2.75, 3.05) is 26.2 Å². The van der Waals surface area contributed by atoms with Gasteiger partial charge < -0.3 is 15.0 Å². The molecule has 0 bridgehead atoms. The molecule has 1 aromatic carbocycles. The van der Waals surface area contributed by atoms with Crippen molar-refractivity contribution in [3.63, 3.8) is 0 Å². The monoisotopic (exact) mass is 412 g/mol. The van der Waals surface area contributed by atoms with E-state index < -0.39 is 5.60 Å². The fourth-order valence-corrected chi connectivity index (χ4v) is 4.82. The van der Waals surface area contributed by atoms with Crippen LogP contribution in [0.25, 0.3) is 10.4 Å². The summed E-state index contributed by atoms with van der Waals surface area (Å²) in [4.78, 5) is 28.9. The Kier molecular flexibility index (Phi) is 6.01. The van der Waals surface area contributed by atoms with Crippen molar-refractivity contribution in [3.05, 3.63) is 47.3 Å². The van der Waals surface area contributed by atoms with Crippen LogP contribution in [0.4, 0.5) is 0 Å². The fraction of sp³-hybridized carbons (Fsp3) is 0.478. The summed E-state index contributed by atoms with van der Waals surface area (Å²) >= 11 is 1.71. The number of nitrogens with zero attached hydrogens (tertiary/aromatic N) is 1. The van der Waals surface area contributed by atoms with Crippen LogP contribution in [0.3, 0.4) is 0 Å². The molecule has 2 aromatic rings. The Morgan fingerprint density at radius 3 is 2.66 bits per heavy atom. The van der Waals surface area contributed by atoms with E-state index in [1.165, 1.54) is 10.4 Å². The first-order valence-electron chi connectivity index (χ1n) is 10.5. The lowest BCUT2D eigenvalue weighted by atomic mass is 9.83. The molecule has 1 N–H and O–H groups in total. The van der Waals surface area contributed by atoms with Crippen molar-refractivity contribution in [1.29, 1.82) is 0 Å². The molecule has 1 unspecified atom stereocenters. The van der Waals surface area contributed by atoms with E-state index in [1.807, 2.05) is 17.9 Å². The van der Waals surface area contributed by atoms with Gasteiger partial charge in [-0.05, 0) is 42.3 Å². The van der Waals surface area contributed by atoms with E-state index in [1.54, 1.807) is 11.3 Å². The normalized spacial score (nSPS) is 22.2. The van der Waals surface area contributed by atoms with Crippen LogP contribution in [0.15, 0.2) is 41.8 Å². The molecule has 1 aromatic heterocycles. The van der Waals surface area contributed by atoms with Crippen molar-refractivity contribution in [2.45, 2.75) is 38.2 Å². The number of ether oxygens (including phenoxy) is 1. The maximum Gasteiger partial charge on any atom is 0.254 e. The van der Waals surface area contributed by atoms with E-state index in [9.17, 15) is 9.59 Å². The van der Waals surface area contributed by atoms with Crippen LogP contribution in [-0.4, -0.2) is 48.6 Å². The summed E-state index contributed by atoms with van der Waals surface area (Å²) in [6.45, 7) is 3.72. The summed E-state index contributed by atoms with van der Waals surface area (Å²) in [6, 6.07) is 12.4. The second-order valence-corrected chi connectivity index (χ2v) is 8.89. The Morgan fingerprint density at radius 1 is 1.24 bits per heavy atom. The lowest BCUT2D eigenvalue weighted by molar-refractivity contribution is -0.168. The molecule has 1 saturated heterocycles. The van der Waals surface area contributed by atoms with Gasteiger partial charge in [-0.25, -0.2) is 0 Å². The number of hydrogen-bond donors (Lipinski definition) is 1. The first kappa shape index (κ1) is 20.1. The highest BCUT2D eigenvalue weighted by atomic mass is 32.1. The number of nitrogens with one attached hydrogen (secondary N) is 1. The molecule has 1 aliphatic carbocycles. The Bertz CT molecular complexity index is 846. The largest absolute Gasteiger partial charge is 0.361 e. The predicted octanol–water partition coefficient (Wildman–Crippen LogP) is 3.49. The minimum absolute atomic E-state index is 0.130. The SMILES string of the molecule is CCNC(=O)C1(Cc2ccc(-c3cccs3)cc2)CN(C(=O)C2CCC2)CCO1. The van der Waals surface area contributed by atoms with Gasteiger partial charge in [0.05, 0.1) is 13.2 Å². The molecule has 4 rings (SSSR count). The molecule has 2 fully saturated rings. The number of carbonyl (C=O) groups is 2. The molecule has 2 aliphatic rings. The molecule has 2 heterocycles. The van der Waals surface area contributed by atoms with Gasteiger partial charge >= 0.3 is 0 Å². The first-order valence-corrected chi connectivity index (χ1v) is 11.3. The first-order chi connectivity index (χ1) is 14.1. The highest BCUT2D eigenvalue weighted by Crippen LogP contribution is 2.32. The van der Waals surface area contributed by atoms with Crippen LogP contribution in [0.5, 0.6) is 0 Å². The molecular weight excluding hydrogens is 384 g/mol. The Labute approximate surface area is 176 Å². The molecule has 29 heavy (non-hydrogen) atoms. The summed E-state index contributed by atoms with van der Waals surface area (Å²) < 4.78 is 6.09. The zero-order valence-corrected chi connectivity index (χ0v) is 17.7. The van der Waals surface area contributed by atoms with Gasteiger partial charge in [0.2, 0.25) is 5.91 Å². The number of carbonyl (C=O) groups excluding carboxylic acids is 2. The average molecular weight is 413 g/mol. The third-order valence-corrected chi connectivity index (χ3v) is 6.87. The van der Waals surface area contributed by atoms with E-state index in [0.717, 1.165) is 24.8 Å². The molecule has 5 nitrogen and oxygen atoms in total. The van der Waals surface area contributed by atoms with Crippen molar-refractivity contribution in [2.24, 2.45) is 5.92 Å². The molecule has 1 atom stereocenters. The highest BCUT2D eigenvalue weighted by Gasteiger charge is 2.46. The minimum Gasteiger partial charge on any atom is -0.361 e. The Balaban J connectivity index is 1.54. The highest BCUT2D eigenvalue weighted by molar-refractivity contribution is 7.13. The third kappa shape index (κ3) is 4.23. The van der Waals surface area contributed by atoms with Crippen LogP contribution in [-0.2, 0) is 20.7 Å². The van der Waals surface area contributed by atoms with Gasteiger partial charge in [-0.15, -0.1) is 11.3 Å². The van der Waals surface area contributed by atoms with Gasteiger partial charge in [0, 0.05) is 30.3 Å². The molecule has 0 spiro atoms. The van der Waals surface area contributed by atoms with Gasteiger partial charge in [-0.1, -0.05) is 36.8 Å². The Hall–Kier alpha value is -2.18. The maximum atomic E-state index is 13.0. The summed E-state index contributed by atoms with van der Waals surface area (Å²) in [5.74, 6) is 0.180. The molecule has 0 radical (unpaired) electrons. The van der Waals surface area contributed by atoms with Crippen molar-refractivity contribution < 1.29 is 14.3 Å².